The van der Waals surface area contributed by atoms with Crippen molar-refractivity contribution < 1.29 is 4.79 Å². The number of hydrogen-bond acceptors (Lipinski definition) is 3. The number of aromatic nitrogens is 1. The van der Waals surface area contributed by atoms with Crippen molar-refractivity contribution in [2.24, 2.45) is 5.92 Å². The largest absolute Gasteiger partial charge is 0.326 e. The Kier molecular flexibility index (Phi) is 9.13. The normalized spacial score (nSPS) is 14.8. The van der Waals surface area contributed by atoms with E-state index in [0.29, 0.717) is 18.0 Å². The zero-order chi connectivity index (χ0) is 13.0. The molecule has 0 atom stereocenters. The molecule has 0 bridgehead atoms. The molecule has 0 aliphatic carbocycles. The third-order valence-electron chi connectivity index (χ3n) is 3.07. The monoisotopic (exact) mass is 385 g/mol. The van der Waals surface area contributed by atoms with Gasteiger partial charge in [-0.25, -0.2) is 0 Å². The smallest absolute Gasteiger partial charge is 0.271 e. The van der Waals surface area contributed by atoms with Crippen molar-refractivity contribution in [3.05, 3.63) is 27.1 Å². The Morgan fingerprint density at radius 2 is 2.00 bits per heavy atom. The first-order valence-electron chi connectivity index (χ1n) is 6.04. The van der Waals surface area contributed by atoms with E-state index in [-0.39, 0.29) is 36.3 Å². The molecule has 0 spiro atoms. The highest BCUT2D eigenvalue weighted by Gasteiger charge is 2.17. The number of pyridine rings is 1. The Hall–Kier alpha value is -0.560. The predicted octanol–water partition coefficient (Wildman–Crippen LogP) is 2.31. The molecule has 3 N–H and O–H groups in total. The number of piperidine rings is 1. The van der Waals surface area contributed by atoms with Gasteiger partial charge in [0.05, 0.1) is 0 Å². The van der Waals surface area contributed by atoms with E-state index in [1.165, 1.54) is 0 Å². The summed E-state index contributed by atoms with van der Waals surface area (Å²) in [6.07, 6.45) is 4.06. The Morgan fingerprint density at radius 3 is 2.65 bits per heavy atom. The van der Waals surface area contributed by atoms with Gasteiger partial charge in [0.25, 0.3) is 5.56 Å². The van der Waals surface area contributed by atoms with Gasteiger partial charge in [0.1, 0.15) is 5.69 Å². The number of amides is 1. The van der Waals surface area contributed by atoms with E-state index in [0.717, 1.165) is 30.4 Å². The summed E-state index contributed by atoms with van der Waals surface area (Å²) < 4.78 is 0.735. The molecule has 1 amide bonds. The van der Waals surface area contributed by atoms with Gasteiger partial charge in [-0.3, -0.25) is 9.59 Å². The molecule has 20 heavy (non-hydrogen) atoms. The van der Waals surface area contributed by atoms with Gasteiger partial charge in [0, 0.05) is 17.1 Å². The van der Waals surface area contributed by atoms with Crippen LogP contribution in [0.3, 0.4) is 0 Å². The maximum Gasteiger partial charge on any atom is 0.271 e. The van der Waals surface area contributed by atoms with E-state index in [1.807, 2.05) is 0 Å². The van der Waals surface area contributed by atoms with Crippen LogP contribution in [0.5, 0.6) is 0 Å². The number of nitrogens with one attached hydrogen (secondary N) is 3. The quantitative estimate of drug-likeness (QED) is 0.746. The van der Waals surface area contributed by atoms with E-state index in [9.17, 15) is 9.59 Å². The molecule has 1 aromatic rings. The number of hydrogen-bond donors (Lipinski definition) is 3. The van der Waals surface area contributed by atoms with Gasteiger partial charge in [0.15, 0.2) is 0 Å². The van der Waals surface area contributed by atoms with Crippen LogP contribution < -0.4 is 16.2 Å². The molecule has 114 valence electrons. The fourth-order valence-electron chi connectivity index (χ4n) is 2.10. The van der Waals surface area contributed by atoms with Crippen molar-refractivity contribution in [2.45, 2.75) is 19.3 Å². The van der Waals surface area contributed by atoms with E-state index < -0.39 is 0 Å². The lowest BCUT2D eigenvalue weighted by Crippen LogP contribution is -2.30. The lowest BCUT2D eigenvalue weighted by molar-refractivity contribution is -0.117. The van der Waals surface area contributed by atoms with Crippen LogP contribution in [0, 0.1) is 5.92 Å². The van der Waals surface area contributed by atoms with Crippen LogP contribution in [0.4, 0.5) is 5.69 Å². The zero-order valence-electron chi connectivity index (χ0n) is 10.8. The average Bonchev–Trinajstić information content (AvgIpc) is 2.35. The number of H-pyrrole nitrogens is 1. The second-order valence-electron chi connectivity index (χ2n) is 4.51. The summed E-state index contributed by atoms with van der Waals surface area (Å²) in [7, 11) is 0. The highest BCUT2D eigenvalue weighted by Crippen LogP contribution is 2.17. The standard InChI is InChI=1S/C12H16BrN3O2.2ClH/c13-9-6-10(12(18)15-7-9)16-11(17)5-8-1-3-14-4-2-8;;/h6-8,14H,1-5H2,(H,15,18)(H,16,17);2*1H. The number of carbonyl (C=O) groups excluding carboxylic acids is 1. The average molecular weight is 387 g/mol. The third-order valence-corrected chi connectivity index (χ3v) is 3.53. The Labute approximate surface area is 138 Å². The molecule has 1 aromatic heterocycles. The van der Waals surface area contributed by atoms with E-state index in [1.54, 1.807) is 12.3 Å². The molecular weight excluding hydrogens is 369 g/mol. The van der Waals surface area contributed by atoms with E-state index >= 15 is 0 Å². The molecule has 1 aliphatic heterocycles. The number of halogens is 3. The molecule has 2 rings (SSSR count). The van der Waals surface area contributed by atoms with Gasteiger partial charge < -0.3 is 15.6 Å². The highest BCUT2D eigenvalue weighted by molar-refractivity contribution is 9.10. The zero-order valence-corrected chi connectivity index (χ0v) is 14.0. The molecule has 8 heteroatoms. The number of anilines is 1. The number of rotatable bonds is 3. The van der Waals surface area contributed by atoms with Crippen LogP contribution >= 0.6 is 40.7 Å². The van der Waals surface area contributed by atoms with Crippen molar-refractivity contribution in [3.8, 4) is 0 Å². The second kappa shape index (κ2) is 9.39. The summed E-state index contributed by atoms with van der Waals surface area (Å²) in [5, 5.41) is 5.93. The summed E-state index contributed by atoms with van der Waals surface area (Å²) in [5.41, 5.74) is 0.0140. The first kappa shape index (κ1) is 19.4. The molecule has 1 saturated heterocycles. The van der Waals surface area contributed by atoms with Gasteiger partial charge in [-0.2, -0.15) is 0 Å². The van der Waals surface area contributed by atoms with E-state index in [2.05, 4.69) is 31.5 Å². The number of carbonyl (C=O) groups is 1. The number of aromatic amines is 1. The molecule has 2 heterocycles. The first-order valence-corrected chi connectivity index (χ1v) is 6.83. The highest BCUT2D eigenvalue weighted by atomic mass is 79.9. The van der Waals surface area contributed by atoms with Gasteiger partial charge >= 0.3 is 0 Å². The summed E-state index contributed by atoms with van der Waals surface area (Å²) in [4.78, 5) is 25.9. The lowest BCUT2D eigenvalue weighted by atomic mass is 9.94. The van der Waals surface area contributed by atoms with Crippen LogP contribution in [-0.2, 0) is 4.79 Å². The van der Waals surface area contributed by atoms with Gasteiger partial charge in [-0.1, -0.05) is 0 Å². The minimum Gasteiger partial charge on any atom is -0.326 e. The van der Waals surface area contributed by atoms with Crippen molar-refractivity contribution in [1.82, 2.24) is 10.3 Å². The third kappa shape index (κ3) is 5.83. The molecule has 0 unspecified atom stereocenters. The van der Waals surface area contributed by atoms with E-state index in [4.69, 9.17) is 0 Å². The molecule has 1 fully saturated rings. The van der Waals surface area contributed by atoms with Crippen molar-refractivity contribution in [2.75, 3.05) is 18.4 Å². The summed E-state index contributed by atoms with van der Waals surface area (Å²) in [6, 6.07) is 1.61. The first-order chi connectivity index (χ1) is 8.65. The minimum absolute atomic E-state index is 0. The topological polar surface area (TPSA) is 74.0 Å². The molecule has 1 aliphatic rings. The van der Waals surface area contributed by atoms with Crippen LogP contribution in [-0.4, -0.2) is 24.0 Å². The minimum atomic E-state index is -0.281. The molecule has 5 nitrogen and oxygen atoms in total. The van der Waals surface area contributed by atoms with Crippen molar-refractivity contribution >= 4 is 52.3 Å². The summed E-state index contributed by atoms with van der Waals surface area (Å²) >= 11 is 3.26. The lowest BCUT2D eigenvalue weighted by Gasteiger charge is -2.21. The Morgan fingerprint density at radius 1 is 1.35 bits per heavy atom. The van der Waals surface area contributed by atoms with Gasteiger partial charge in [-0.05, 0) is 53.8 Å². The summed E-state index contributed by atoms with van der Waals surface area (Å²) in [6.45, 7) is 1.94. The molecule has 0 saturated carbocycles. The van der Waals surface area contributed by atoms with Crippen molar-refractivity contribution in [3.63, 3.8) is 0 Å². The van der Waals surface area contributed by atoms with Crippen LogP contribution in [0.25, 0.3) is 0 Å². The Bertz CT molecular complexity index is 490. The Balaban J connectivity index is 0.00000180. The van der Waals surface area contributed by atoms with Crippen LogP contribution in [0.2, 0.25) is 0 Å². The van der Waals surface area contributed by atoms with Gasteiger partial charge in [-0.15, -0.1) is 24.8 Å². The molecule has 0 radical (unpaired) electrons. The fraction of sp³-hybridized carbons (Fsp3) is 0.500. The second-order valence-corrected chi connectivity index (χ2v) is 5.42. The maximum atomic E-state index is 11.8. The van der Waals surface area contributed by atoms with Crippen molar-refractivity contribution in [1.29, 1.82) is 0 Å². The fourth-order valence-corrected chi connectivity index (χ4v) is 2.44. The maximum absolute atomic E-state index is 11.8. The van der Waals surface area contributed by atoms with Crippen LogP contribution in [0.15, 0.2) is 21.5 Å². The van der Waals surface area contributed by atoms with Gasteiger partial charge in [0.2, 0.25) is 5.91 Å². The SMILES string of the molecule is Cl.Cl.O=C(CC1CCNCC1)Nc1cc(Br)c[nH]c1=O. The summed E-state index contributed by atoms with van der Waals surface area (Å²) in [5.74, 6) is 0.322. The molecule has 0 aromatic carbocycles. The van der Waals surface area contributed by atoms with Crippen LogP contribution in [0.1, 0.15) is 19.3 Å². The predicted molar refractivity (Wildman–Crippen MR) is 88.1 cm³/mol. The molecular formula is C12H18BrCl2N3O2.